The largest absolute Gasteiger partial charge is 0.389 e. The molecule has 0 saturated carbocycles. The molecule has 0 unspecified atom stereocenters. The molecular weight excluding hydrogens is 195 g/mol. The van der Waals surface area contributed by atoms with E-state index < -0.39 is 11.4 Å². The number of nitrogens with one attached hydrogen (secondary N) is 1. The monoisotopic (exact) mass is 208 g/mol. The van der Waals surface area contributed by atoms with Crippen molar-refractivity contribution in [3.63, 3.8) is 0 Å². The predicted molar refractivity (Wildman–Crippen MR) is 55.9 cm³/mol. The first-order chi connectivity index (χ1) is 6.94. The highest BCUT2D eigenvalue weighted by atomic mass is 19.1. The van der Waals surface area contributed by atoms with E-state index in [0.29, 0.717) is 5.69 Å². The normalized spacial score (nSPS) is 10.9. The summed E-state index contributed by atoms with van der Waals surface area (Å²) in [6.07, 6.45) is 0. The minimum absolute atomic E-state index is 0.0262. The van der Waals surface area contributed by atoms with E-state index in [1.54, 1.807) is 26.0 Å². The van der Waals surface area contributed by atoms with Gasteiger partial charge in [0, 0.05) is 6.54 Å². The summed E-state index contributed by atoms with van der Waals surface area (Å²) in [7, 11) is 0. The van der Waals surface area contributed by atoms with Crippen molar-refractivity contribution in [3.05, 3.63) is 29.6 Å². The van der Waals surface area contributed by atoms with Crippen LogP contribution in [0.3, 0.4) is 0 Å². The van der Waals surface area contributed by atoms with Gasteiger partial charge in [-0.05, 0) is 26.0 Å². The summed E-state index contributed by atoms with van der Waals surface area (Å²) in [5.41, 5.74) is -0.527. The van der Waals surface area contributed by atoms with Gasteiger partial charge in [-0.2, -0.15) is 5.26 Å². The number of rotatable bonds is 3. The van der Waals surface area contributed by atoms with Crippen molar-refractivity contribution in [1.82, 2.24) is 0 Å². The highest BCUT2D eigenvalue weighted by molar-refractivity contribution is 5.57. The second-order valence-electron chi connectivity index (χ2n) is 3.94. The fraction of sp³-hybridized carbons (Fsp3) is 0.364. The van der Waals surface area contributed by atoms with Crippen LogP contribution in [0.2, 0.25) is 0 Å². The topological polar surface area (TPSA) is 56.0 Å². The third-order valence-electron chi connectivity index (χ3n) is 1.84. The Kier molecular flexibility index (Phi) is 3.28. The quantitative estimate of drug-likeness (QED) is 0.797. The number of hydrogen-bond acceptors (Lipinski definition) is 3. The lowest BCUT2D eigenvalue weighted by Gasteiger charge is -2.19. The molecular formula is C11H13FN2O. The van der Waals surface area contributed by atoms with Gasteiger partial charge in [-0.1, -0.05) is 6.07 Å². The van der Waals surface area contributed by atoms with E-state index in [2.05, 4.69) is 5.32 Å². The molecule has 0 aliphatic rings. The van der Waals surface area contributed by atoms with Gasteiger partial charge in [0.2, 0.25) is 0 Å². The highest BCUT2D eigenvalue weighted by Crippen LogP contribution is 2.18. The van der Waals surface area contributed by atoms with Crippen molar-refractivity contribution in [1.29, 1.82) is 5.26 Å². The van der Waals surface area contributed by atoms with E-state index in [-0.39, 0.29) is 12.1 Å². The maximum Gasteiger partial charge on any atom is 0.143 e. The average Bonchev–Trinajstić information content (AvgIpc) is 2.13. The molecule has 0 bridgehead atoms. The van der Waals surface area contributed by atoms with Crippen LogP contribution >= 0.6 is 0 Å². The molecule has 1 rings (SSSR count). The maximum absolute atomic E-state index is 13.1. The molecule has 80 valence electrons. The lowest BCUT2D eigenvalue weighted by molar-refractivity contribution is 0.0945. The van der Waals surface area contributed by atoms with E-state index in [9.17, 15) is 9.50 Å². The van der Waals surface area contributed by atoms with Gasteiger partial charge in [0.05, 0.1) is 11.3 Å². The second-order valence-corrected chi connectivity index (χ2v) is 3.94. The minimum Gasteiger partial charge on any atom is -0.389 e. The van der Waals surface area contributed by atoms with E-state index >= 15 is 0 Å². The van der Waals surface area contributed by atoms with Crippen molar-refractivity contribution >= 4 is 5.69 Å². The molecule has 0 amide bonds. The van der Waals surface area contributed by atoms with Crippen molar-refractivity contribution in [2.75, 3.05) is 11.9 Å². The summed E-state index contributed by atoms with van der Waals surface area (Å²) in [6.45, 7) is 3.52. The van der Waals surface area contributed by atoms with Crippen LogP contribution in [0.4, 0.5) is 10.1 Å². The Morgan fingerprint density at radius 2 is 2.20 bits per heavy atom. The Morgan fingerprint density at radius 1 is 1.53 bits per heavy atom. The van der Waals surface area contributed by atoms with Crippen LogP contribution in [-0.4, -0.2) is 17.3 Å². The molecule has 0 aliphatic carbocycles. The second kappa shape index (κ2) is 4.28. The van der Waals surface area contributed by atoms with Crippen LogP contribution in [0.1, 0.15) is 19.4 Å². The minimum atomic E-state index is -0.904. The van der Waals surface area contributed by atoms with Crippen molar-refractivity contribution in [2.45, 2.75) is 19.4 Å². The van der Waals surface area contributed by atoms with Gasteiger partial charge in [0.25, 0.3) is 0 Å². The average molecular weight is 208 g/mol. The summed E-state index contributed by atoms with van der Waals surface area (Å²) in [4.78, 5) is 0. The van der Waals surface area contributed by atoms with E-state index in [1.165, 1.54) is 12.1 Å². The standard InChI is InChI=1S/C11H13FN2O/c1-11(2,15)7-14-10-5-3-4-9(12)8(10)6-13/h3-5,14-15H,7H2,1-2H3. The molecule has 3 nitrogen and oxygen atoms in total. The van der Waals surface area contributed by atoms with Crippen LogP contribution in [0.5, 0.6) is 0 Å². The van der Waals surface area contributed by atoms with Gasteiger partial charge in [-0.25, -0.2) is 4.39 Å². The van der Waals surface area contributed by atoms with E-state index in [4.69, 9.17) is 5.26 Å². The first-order valence-electron chi connectivity index (χ1n) is 4.59. The Bertz CT molecular complexity index is 391. The Hall–Kier alpha value is -1.60. The zero-order chi connectivity index (χ0) is 11.5. The van der Waals surface area contributed by atoms with Crippen LogP contribution in [0, 0.1) is 17.1 Å². The third kappa shape index (κ3) is 3.22. The van der Waals surface area contributed by atoms with Gasteiger partial charge in [-0.3, -0.25) is 0 Å². The van der Waals surface area contributed by atoms with Crippen molar-refractivity contribution in [2.24, 2.45) is 0 Å². The molecule has 2 N–H and O–H groups in total. The Balaban J connectivity index is 2.87. The van der Waals surface area contributed by atoms with Crippen molar-refractivity contribution in [3.8, 4) is 6.07 Å². The first kappa shape index (κ1) is 11.5. The maximum atomic E-state index is 13.1. The molecule has 0 aliphatic heterocycles. The van der Waals surface area contributed by atoms with Gasteiger partial charge in [-0.15, -0.1) is 0 Å². The SMILES string of the molecule is CC(C)(O)CNc1cccc(F)c1C#N. The molecule has 1 aromatic carbocycles. The number of anilines is 1. The molecule has 4 heteroatoms. The van der Waals surface area contributed by atoms with Gasteiger partial charge in [0.15, 0.2) is 0 Å². The molecule has 0 aromatic heterocycles. The van der Waals surface area contributed by atoms with E-state index in [0.717, 1.165) is 0 Å². The number of nitriles is 1. The number of aliphatic hydroxyl groups is 1. The molecule has 0 fully saturated rings. The van der Waals surface area contributed by atoms with Crippen LogP contribution < -0.4 is 5.32 Å². The molecule has 0 atom stereocenters. The van der Waals surface area contributed by atoms with Crippen LogP contribution in [-0.2, 0) is 0 Å². The van der Waals surface area contributed by atoms with Crippen LogP contribution in [0.25, 0.3) is 0 Å². The summed E-state index contributed by atoms with van der Waals surface area (Å²) in [6, 6.07) is 6.13. The number of halogens is 1. The summed E-state index contributed by atoms with van der Waals surface area (Å²) in [5.74, 6) is -0.557. The zero-order valence-corrected chi connectivity index (χ0v) is 8.71. The highest BCUT2D eigenvalue weighted by Gasteiger charge is 2.14. The summed E-state index contributed by atoms with van der Waals surface area (Å²) in [5, 5.41) is 21.0. The third-order valence-corrected chi connectivity index (χ3v) is 1.84. The van der Waals surface area contributed by atoms with Crippen LogP contribution in [0.15, 0.2) is 18.2 Å². The molecule has 0 heterocycles. The van der Waals surface area contributed by atoms with Gasteiger partial charge < -0.3 is 10.4 Å². The fourth-order valence-electron chi connectivity index (χ4n) is 1.10. The Labute approximate surface area is 88.2 Å². The molecule has 0 saturated heterocycles. The number of nitrogens with zero attached hydrogens (tertiary/aromatic N) is 1. The summed E-state index contributed by atoms with van der Waals surface area (Å²) >= 11 is 0. The lowest BCUT2D eigenvalue weighted by atomic mass is 10.1. The number of hydrogen-bond donors (Lipinski definition) is 2. The predicted octanol–water partition coefficient (Wildman–Crippen LogP) is 1.88. The molecule has 1 aromatic rings. The lowest BCUT2D eigenvalue weighted by Crippen LogP contribution is -2.29. The molecule has 0 radical (unpaired) electrons. The van der Waals surface area contributed by atoms with E-state index in [1.807, 2.05) is 0 Å². The molecule has 15 heavy (non-hydrogen) atoms. The van der Waals surface area contributed by atoms with Gasteiger partial charge in [0.1, 0.15) is 17.4 Å². The fourth-order valence-corrected chi connectivity index (χ4v) is 1.10. The first-order valence-corrected chi connectivity index (χ1v) is 4.59. The number of benzene rings is 1. The smallest absolute Gasteiger partial charge is 0.143 e. The zero-order valence-electron chi connectivity index (χ0n) is 8.71. The van der Waals surface area contributed by atoms with Gasteiger partial charge >= 0.3 is 0 Å². The van der Waals surface area contributed by atoms with Crippen molar-refractivity contribution < 1.29 is 9.50 Å². The summed E-state index contributed by atoms with van der Waals surface area (Å²) < 4.78 is 13.1. The Morgan fingerprint density at radius 3 is 2.73 bits per heavy atom. The molecule has 0 spiro atoms.